The Hall–Kier alpha value is -2.12. The first kappa shape index (κ1) is 24.9. The molecular formula is C22H34O7. The molecule has 1 aromatic carbocycles. The zero-order chi connectivity index (χ0) is 21.3. The van der Waals surface area contributed by atoms with Crippen LogP contribution in [-0.4, -0.2) is 31.9 Å². The van der Waals surface area contributed by atoms with Gasteiger partial charge < -0.3 is 9.47 Å². The maximum Gasteiger partial charge on any atom is 0.543 e. The number of aryl methyl sites for hydroxylation is 1. The van der Waals surface area contributed by atoms with Crippen LogP contribution in [0, 0.1) is 5.92 Å². The number of rotatable bonds is 15. The minimum Gasteiger partial charge on any atom is -0.430 e. The van der Waals surface area contributed by atoms with Crippen LogP contribution in [0.3, 0.4) is 0 Å². The van der Waals surface area contributed by atoms with Gasteiger partial charge in [-0.05, 0) is 42.9 Å². The smallest absolute Gasteiger partial charge is 0.430 e. The molecule has 7 heteroatoms. The summed E-state index contributed by atoms with van der Waals surface area (Å²) in [6.07, 6.45) is 6.60. The summed E-state index contributed by atoms with van der Waals surface area (Å²) in [5.41, 5.74) is 1.44. The van der Waals surface area contributed by atoms with Gasteiger partial charge in [0.2, 0.25) is 0 Å². The zero-order valence-electron chi connectivity index (χ0n) is 17.8. The van der Waals surface area contributed by atoms with Gasteiger partial charge in [0.25, 0.3) is 0 Å². The largest absolute Gasteiger partial charge is 0.543 e. The summed E-state index contributed by atoms with van der Waals surface area (Å²) < 4.78 is 10.3. The van der Waals surface area contributed by atoms with Gasteiger partial charge in [0.1, 0.15) is 6.61 Å². The van der Waals surface area contributed by atoms with Crippen molar-refractivity contribution in [2.45, 2.75) is 65.7 Å². The van der Waals surface area contributed by atoms with E-state index in [0.717, 1.165) is 37.7 Å². The maximum absolute atomic E-state index is 11.8. The minimum absolute atomic E-state index is 0.0274. The fourth-order valence-electron chi connectivity index (χ4n) is 2.67. The molecule has 7 nitrogen and oxygen atoms in total. The summed E-state index contributed by atoms with van der Waals surface area (Å²) in [7, 11) is 0. The molecule has 0 aliphatic carbocycles. The lowest BCUT2D eigenvalue weighted by Gasteiger charge is -2.14. The molecule has 0 heterocycles. The van der Waals surface area contributed by atoms with Gasteiger partial charge in [-0.25, -0.2) is 14.5 Å². The van der Waals surface area contributed by atoms with Crippen molar-refractivity contribution in [3.8, 4) is 0 Å². The Labute approximate surface area is 173 Å². The number of hydrogen-bond donors (Lipinski definition) is 0. The highest BCUT2D eigenvalue weighted by Crippen LogP contribution is 2.12. The molecule has 1 atom stereocenters. The van der Waals surface area contributed by atoms with Gasteiger partial charge in [-0.15, -0.1) is 0 Å². The highest BCUT2D eigenvalue weighted by molar-refractivity contribution is 5.88. The second-order valence-electron chi connectivity index (χ2n) is 6.91. The number of benzene rings is 1. The topological polar surface area (TPSA) is 80.3 Å². The van der Waals surface area contributed by atoms with E-state index in [1.807, 2.05) is 12.1 Å². The van der Waals surface area contributed by atoms with Gasteiger partial charge in [-0.3, -0.25) is 4.89 Å². The molecule has 164 valence electrons. The molecule has 0 aliphatic heterocycles. The third-order valence-corrected chi connectivity index (χ3v) is 4.56. The molecule has 0 saturated heterocycles. The second kappa shape index (κ2) is 15.8. The predicted molar refractivity (Wildman–Crippen MR) is 108 cm³/mol. The third kappa shape index (κ3) is 11.5. The number of carbonyl (C=O) groups is 2. The summed E-state index contributed by atoms with van der Waals surface area (Å²) in [5.74, 6) is -0.244. The number of unbranched alkanes of at least 4 members (excludes halogenated alkanes) is 2. The van der Waals surface area contributed by atoms with Crippen LogP contribution in [0.2, 0.25) is 0 Å². The third-order valence-electron chi connectivity index (χ3n) is 4.56. The lowest BCUT2D eigenvalue weighted by molar-refractivity contribution is -0.452. The number of carbonyl (C=O) groups excluding carboxylic acids is 2. The molecule has 1 rings (SSSR count). The fraction of sp³-hybridized carbons (Fsp3) is 0.636. The van der Waals surface area contributed by atoms with Gasteiger partial charge >= 0.3 is 12.1 Å². The van der Waals surface area contributed by atoms with E-state index >= 15 is 0 Å². The number of ether oxygens (including phenoxy) is 2. The van der Waals surface area contributed by atoms with E-state index in [1.165, 1.54) is 12.8 Å². The van der Waals surface area contributed by atoms with E-state index in [2.05, 4.69) is 35.6 Å². The SMILES string of the molecule is CCCCc1ccc(C(=O)OOOC(=O)OCCOCC(CC)CCCC)cc1. The van der Waals surface area contributed by atoms with Crippen molar-refractivity contribution in [1.29, 1.82) is 0 Å². The van der Waals surface area contributed by atoms with Crippen LogP contribution >= 0.6 is 0 Å². The van der Waals surface area contributed by atoms with Gasteiger partial charge in [0, 0.05) is 6.61 Å². The summed E-state index contributed by atoms with van der Waals surface area (Å²) in [5, 5.41) is 4.20. The zero-order valence-corrected chi connectivity index (χ0v) is 17.8. The summed E-state index contributed by atoms with van der Waals surface area (Å²) in [4.78, 5) is 31.9. The summed E-state index contributed by atoms with van der Waals surface area (Å²) in [6.45, 7) is 7.35. The molecule has 0 bridgehead atoms. The molecule has 0 aromatic heterocycles. The van der Waals surface area contributed by atoms with Crippen molar-refractivity contribution < 1.29 is 33.9 Å². The Morgan fingerprint density at radius 1 is 0.931 bits per heavy atom. The molecule has 1 unspecified atom stereocenters. The Morgan fingerprint density at radius 3 is 2.31 bits per heavy atom. The van der Waals surface area contributed by atoms with Crippen LogP contribution in [0.1, 0.15) is 75.2 Å². The van der Waals surface area contributed by atoms with E-state index in [1.54, 1.807) is 12.1 Å². The highest BCUT2D eigenvalue weighted by Gasteiger charge is 2.12. The summed E-state index contributed by atoms with van der Waals surface area (Å²) >= 11 is 0. The highest BCUT2D eigenvalue weighted by atomic mass is 17.5. The molecule has 0 N–H and O–H groups in total. The number of hydrogen-bond acceptors (Lipinski definition) is 7. The van der Waals surface area contributed by atoms with Crippen LogP contribution in [0.4, 0.5) is 4.79 Å². The molecule has 0 aliphatic rings. The molecular weight excluding hydrogens is 376 g/mol. The van der Waals surface area contributed by atoms with Gasteiger partial charge in [-0.1, -0.05) is 58.6 Å². The normalized spacial score (nSPS) is 11.7. The van der Waals surface area contributed by atoms with Crippen molar-refractivity contribution in [1.82, 2.24) is 0 Å². The Kier molecular flexibility index (Phi) is 13.5. The first-order chi connectivity index (χ1) is 14.1. The van der Waals surface area contributed by atoms with Crippen molar-refractivity contribution in [2.24, 2.45) is 5.92 Å². The standard InChI is InChI=1S/C22H34O7/c1-4-7-9-18(6-3)17-25-15-16-26-22(24)28-29-27-21(23)20-13-11-19(12-14-20)10-8-5-2/h11-14,18H,4-10,15-17H2,1-3H3. The molecule has 0 amide bonds. The van der Waals surface area contributed by atoms with Gasteiger partial charge in [-0.2, -0.15) is 0 Å². The monoisotopic (exact) mass is 410 g/mol. The average Bonchev–Trinajstić information content (AvgIpc) is 2.74. The minimum atomic E-state index is -1.10. The Balaban J connectivity index is 2.13. The maximum atomic E-state index is 11.8. The molecule has 1 aromatic rings. The van der Waals surface area contributed by atoms with Crippen LogP contribution in [-0.2, 0) is 30.7 Å². The van der Waals surface area contributed by atoms with Crippen molar-refractivity contribution in [3.05, 3.63) is 35.4 Å². The van der Waals surface area contributed by atoms with E-state index in [4.69, 9.17) is 9.47 Å². The van der Waals surface area contributed by atoms with E-state index in [-0.39, 0.29) is 13.2 Å². The van der Waals surface area contributed by atoms with Gasteiger partial charge in [0.15, 0.2) is 0 Å². The molecule has 29 heavy (non-hydrogen) atoms. The van der Waals surface area contributed by atoms with E-state index < -0.39 is 12.1 Å². The van der Waals surface area contributed by atoms with Crippen molar-refractivity contribution in [2.75, 3.05) is 19.8 Å². The lowest BCUT2D eigenvalue weighted by Crippen LogP contribution is -2.16. The second-order valence-corrected chi connectivity index (χ2v) is 6.91. The van der Waals surface area contributed by atoms with Gasteiger partial charge in [0.05, 0.1) is 17.2 Å². The van der Waals surface area contributed by atoms with E-state index in [0.29, 0.717) is 18.1 Å². The van der Waals surface area contributed by atoms with E-state index in [9.17, 15) is 9.59 Å². The predicted octanol–water partition coefficient (Wildman–Crippen LogP) is 5.42. The Bertz CT molecular complexity index is 571. The summed E-state index contributed by atoms with van der Waals surface area (Å²) in [6, 6.07) is 6.98. The fourth-order valence-corrected chi connectivity index (χ4v) is 2.67. The lowest BCUT2D eigenvalue weighted by atomic mass is 10.0. The quantitative estimate of drug-likeness (QED) is 0.165. The first-order valence-electron chi connectivity index (χ1n) is 10.5. The Morgan fingerprint density at radius 2 is 1.66 bits per heavy atom. The van der Waals surface area contributed by atoms with Crippen molar-refractivity contribution >= 4 is 12.1 Å². The van der Waals surface area contributed by atoms with Crippen LogP contribution < -0.4 is 0 Å². The molecule has 0 radical (unpaired) electrons. The average molecular weight is 411 g/mol. The van der Waals surface area contributed by atoms with Crippen LogP contribution in [0.5, 0.6) is 0 Å². The van der Waals surface area contributed by atoms with Crippen LogP contribution in [0.15, 0.2) is 24.3 Å². The molecule has 0 fully saturated rings. The molecule has 0 saturated carbocycles. The molecule has 0 spiro atoms. The van der Waals surface area contributed by atoms with Crippen molar-refractivity contribution in [3.63, 3.8) is 0 Å². The van der Waals surface area contributed by atoms with Crippen LogP contribution in [0.25, 0.3) is 0 Å². The first-order valence-corrected chi connectivity index (χ1v) is 10.5.